The second-order valence-electron chi connectivity index (χ2n) is 5.01. The molecule has 82 valence electrons. The number of aromatic nitrogens is 1. The summed E-state index contributed by atoms with van der Waals surface area (Å²) in [5, 5.41) is 12.6. The molecular weight excluding hydrogens is 198 g/mol. The van der Waals surface area contributed by atoms with Gasteiger partial charge in [0.2, 0.25) is 0 Å². The van der Waals surface area contributed by atoms with Crippen molar-refractivity contribution in [3.05, 3.63) is 42.2 Å². The molecule has 1 heterocycles. The summed E-state index contributed by atoms with van der Waals surface area (Å²) >= 11 is 0. The van der Waals surface area contributed by atoms with Crippen molar-refractivity contribution < 1.29 is 5.11 Å². The first-order chi connectivity index (χ1) is 7.71. The van der Waals surface area contributed by atoms with E-state index in [0.717, 1.165) is 29.2 Å². The summed E-state index contributed by atoms with van der Waals surface area (Å²) in [6, 6.07) is 8.10. The van der Waals surface area contributed by atoms with Gasteiger partial charge in [-0.1, -0.05) is 31.2 Å². The normalized spacial score (nSPS) is 19.6. The van der Waals surface area contributed by atoms with Crippen LogP contribution < -0.4 is 0 Å². The molecule has 1 atom stereocenters. The van der Waals surface area contributed by atoms with Crippen LogP contribution in [0.5, 0.6) is 0 Å². The molecule has 0 spiro atoms. The highest BCUT2D eigenvalue weighted by molar-refractivity contribution is 5.85. The van der Waals surface area contributed by atoms with E-state index in [1.807, 2.05) is 24.4 Å². The number of pyridine rings is 1. The van der Waals surface area contributed by atoms with E-state index < -0.39 is 0 Å². The van der Waals surface area contributed by atoms with Gasteiger partial charge in [0.1, 0.15) is 0 Å². The number of aliphatic hydroxyl groups is 1. The molecule has 0 amide bonds. The summed E-state index contributed by atoms with van der Waals surface area (Å²) in [6.07, 6.45) is 5.48. The maximum Gasteiger partial charge on any atom is 0.0864 e. The summed E-state index contributed by atoms with van der Waals surface area (Å²) in [5.41, 5.74) is 1.05. The maximum absolute atomic E-state index is 10.4. The smallest absolute Gasteiger partial charge is 0.0864 e. The highest BCUT2D eigenvalue weighted by Gasteiger charge is 2.45. The topological polar surface area (TPSA) is 33.1 Å². The summed E-state index contributed by atoms with van der Waals surface area (Å²) < 4.78 is 0. The third-order valence-electron chi connectivity index (χ3n) is 3.69. The van der Waals surface area contributed by atoms with Crippen LogP contribution in [0.3, 0.4) is 0 Å². The van der Waals surface area contributed by atoms with Crippen molar-refractivity contribution in [2.45, 2.75) is 25.9 Å². The Labute approximate surface area is 94.9 Å². The zero-order valence-electron chi connectivity index (χ0n) is 9.35. The molecule has 2 aromatic rings. The highest BCUT2D eigenvalue weighted by atomic mass is 16.3. The van der Waals surface area contributed by atoms with Gasteiger partial charge in [-0.3, -0.25) is 4.98 Å². The van der Waals surface area contributed by atoms with E-state index in [9.17, 15) is 5.11 Å². The Hall–Kier alpha value is -1.41. The molecule has 2 nitrogen and oxygen atoms in total. The molecule has 1 aliphatic carbocycles. The van der Waals surface area contributed by atoms with Crippen LogP contribution >= 0.6 is 0 Å². The molecule has 1 unspecified atom stereocenters. The van der Waals surface area contributed by atoms with Crippen LogP contribution in [0.2, 0.25) is 0 Å². The van der Waals surface area contributed by atoms with Crippen LogP contribution in [0.4, 0.5) is 0 Å². The van der Waals surface area contributed by atoms with E-state index >= 15 is 0 Å². The Kier molecular flexibility index (Phi) is 2.01. The van der Waals surface area contributed by atoms with E-state index in [-0.39, 0.29) is 11.5 Å². The molecule has 1 aromatic carbocycles. The quantitative estimate of drug-likeness (QED) is 0.831. The van der Waals surface area contributed by atoms with Crippen LogP contribution in [-0.2, 0) is 0 Å². The largest absolute Gasteiger partial charge is 0.388 e. The fourth-order valence-electron chi connectivity index (χ4n) is 2.20. The SMILES string of the molecule is CC1(C(O)c2cncc3ccccc23)CC1. The van der Waals surface area contributed by atoms with Crippen molar-refractivity contribution in [2.24, 2.45) is 5.41 Å². The van der Waals surface area contributed by atoms with E-state index in [0.29, 0.717) is 0 Å². The van der Waals surface area contributed by atoms with Gasteiger partial charge in [0.05, 0.1) is 6.10 Å². The van der Waals surface area contributed by atoms with Crippen molar-refractivity contribution in [3.63, 3.8) is 0 Å². The average Bonchev–Trinajstić information content (AvgIpc) is 3.07. The van der Waals surface area contributed by atoms with Gasteiger partial charge in [-0.25, -0.2) is 0 Å². The first-order valence-corrected chi connectivity index (χ1v) is 5.71. The molecule has 0 radical (unpaired) electrons. The Balaban J connectivity index is 2.16. The lowest BCUT2D eigenvalue weighted by molar-refractivity contribution is 0.105. The minimum Gasteiger partial charge on any atom is -0.388 e. The van der Waals surface area contributed by atoms with Crippen molar-refractivity contribution in [1.29, 1.82) is 0 Å². The lowest BCUT2D eigenvalue weighted by Crippen LogP contribution is -2.10. The van der Waals surface area contributed by atoms with E-state index in [2.05, 4.69) is 18.0 Å². The Morgan fingerprint density at radius 1 is 1.25 bits per heavy atom. The molecule has 0 aliphatic heterocycles. The van der Waals surface area contributed by atoms with E-state index in [1.54, 1.807) is 6.20 Å². The zero-order chi connectivity index (χ0) is 11.2. The molecule has 2 heteroatoms. The second kappa shape index (κ2) is 3.29. The number of hydrogen-bond donors (Lipinski definition) is 1. The van der Waals surface area contributed by atoms with Crippen molar-refractivity contribution in [1.82, 2.24) is 4.98 Å². The van der Waals surface area contributed by atoms with Crippen LogP contribution in [0.1, 0.15) is 31.4 Å². The minimum absolute atomic E-state index is 0.0752. The van der Waals surface area contributed by atoms with Crippen LogP contribution in [-0.4, -0.2) is 10.1 Å². The number of aliphatic hydroxyl groups excluding tert-OH is 1. The number of hydrogen-bond acceptors (Lipinski definition) is 2. The lowest BCUT2D eigenvalue weighted by Gasteiger charge is -2.19. The van der Waals surface area contributed by atoms with Gasteiger partial charge in [0.15, 0.2) is 0 Å². The first-order valence-electron chi connectivity index (χ1n) is 5.71. The molecule has 16 heavy (non-hydrogen) atoms. The fraction of sp³-hybridized carbons (Fsp3) is 0.357. The third-order valence-corrected chi connectivity index (χ3v) is 3.69. The van der Waals surface area contributed by atoms with E-state index in [4.69, 9.17) is 0 Å². The zero-order valence-corrected chi connectivity index (χ0v) is 9.35. The Bertz CT molecular complexity index is 526. The molecule has 1 N–H and O–H groups in total. The Morgan fingerprint density at radius 3 is 2.75 bits per heavy atom. The van der Waals surface area contributed by atoms with Gasteiger partial charge in [0.25, 0.3) is 0 Å². The standard InChI is InChI=1S/C14H15NO/c1-14(6-7-14)13(16)12-9-15-8-10-4-2-3-5-11(10)12/h2-5,8-9,13,16H,6-7H2,1H3. The lowest BCUT2D eigenvalue weighted by atomic mass is 9.93. The summed E-state index contributed by atoms with van der Waals surface area (Å²) in [5.74, 6) is 0. The summed E-state index contributed by atoms with van der Waals surface area (Å²) in [6.45, 7) is 2.14. The molecule has 1 saturated carbocycles. The predicted octanol–water partition coefficient (Wildman–Crippen LogP) is 3.07. The van der Waals surface area contributed by atoms with Crippen LogP contribution in [0, 0.1) is 5.41 Å². The fourth-order valence-corrected chi connectivity index (χ4v) is 2.20. The maximum atomic E-state index is 10.4. The number of benzene rings is 1. The molecule has 1 aliphatic rings. The molecule has 1 aromatic heterocycles. The second-order valence-corrected chi connectivity index (χ2v) is 5.01. The molecular formula is C14H15NO. The average molecular weight is 213 g/mol. The number of fused-ring (bicyclic) bond motifs is 1. The summed E-state index contributed by atoms with van der Waals surface area (Å²) in [4.78, 5) is 4.22. The van der Waals surface area contributed by atoms with Crippen LogP contribution in [0.15, 0.2) is 36.7 Å². The minimum atomic E-state index is -0.383. The molecule has 0 bridgehead atoms. The van der Waals surface area contributed by atoms with Crippen molar-refractivity contribution >= 4 is 10.8 Å². The van der Waals surface area contributed by atoms with Gasteiger partial charge < -0.3 is 5.11 Å². The monoisotopic (exact) mass is 213 g/mol. The molecule has 1 fully saturated rings. The van der Waals surface area contributed by atoms with Gasteiger partial charge >= 0.3 is 0 Å². The molecule has 0 saturated heterocycles. The van der Waals surface area contributed by atoms with Gasteiger partial charge in [-0.15, -0.1) is 0 Å². The predicted molar refractivity (Wildman–Crippen MR) is 64.0 cm³/mol. The van der Waals surface area contributed by atoms with Gasteiger partial charge in [0, 0.05) is 23.3 Å². The van der Waals surface area contributed by atoms with Crippen molar-refractivity contribution in [2.75, 3.05) is 0 Å². The Morgan fingerprint density at radius 2 is 2.00 bits per heavy atom. The van der Waals surface area contributed by atoms with Crippen LogP contribution in [0.25, 0.3) is 10.8 Å². The van der Waals surface area contributed by atoms with Crippen molar-refractivity contribution in [3.8, 4) is 0 Å². The first kappa shape index (κ1) is 9.79. The van der Waals surface area contributed by atoms with Gasteiger partial charge in [-0.2, -0.15) is 0 Å². The third kappa shape index (κ3) is 1.41. The van der Waals surface area contributed by atoms with Gasteiger partial charge in [-0.05, 0) is 23.6 Å². The number of rotatable bonds is 2. The number of nitrogens with zero attached hydrogens (tertiary/aromatic N) is 1. The highest BCUT2D eigenvalue weighted by Crippen LogP contribution is 2.55. The van der Waals surface area contributed by atoms with E-state index in [1.165, 1.54) is 0 Å². The summed E-state index contributed by atoms with van der Waals surface area (Å²) in [7, 11) is 0. The molecule has 3 rings (SSSR count).